The van der Waals surface area contributed by atoms with E-state index in [0.29, 0.717) is 46.4 Å². The highest BCUT2D eigenvalue weighted by molar-refractivity contribution is 6.31. The molecule has 0 atom stereocenters. The summed E-state index contributed by atoms with van der Waals surface area (Å²) in [6.07, 6.45) is 0.718. The number of urea groups is 1. The van der Waals surface area contributed by atoms with Gasteiger partial charge in [-0.05, 0) is 73.0 Å². The van der Waals surface area contributed by atoms with Gasteiger partial charge in [0.25, 0.3) is 5.91 Å². The van der Waals surface area contributed by atoms with Gasteiger partial charge in [-0.3, -0.25) is 9.69 Å². The minimum Gasteiger partial charge on any atom is -0.497 e. The van der Waals surface area contributed by atoms with Crippen LogP contribution in [0, 0.1) is 12.7 Å². The minimum atomic E-state index is -0.401. The van der Waals surface area contributed by atoms with E-state index in [-0.39, 0.29) is 18.5 Å². The second-order valence-corrected chi connectivity index (χ2v) is 8.56. The van der Waals surface area contributed by atoms with Crippen molar-refractivity contribution < 1.29 is 18.7 Å². The van der Waals surface area contributed by atoms with Crippen LogP contribution in [0.15, 0.2) is 60.7 Å². The van der Waals surface area contributed by atoms with Crippen molar-refractivity contribution in [2.45, 2.75) is 19.9 Å². The molecule has 0 spiro atoms. The first kappa shape index (κ1) is 23.6. The van der Waals surface area contributed by atoms with Crippen molar-refractivity contribution in [1.29, 1.82) is 0 Å². The van der Waals surface area contributed by atoms with E-state index >= 15 is 0 Å². The van der Waals surface area contributed by atoms with Gasteiger partial charge in [0, 0.05) is 30.2 Å². The summed E-state index contributed by atoms with van der Waals surface area (Å²) in [6.45, 7) is 3.14. The smallest absolute Gasteiger partial charge is 0.324 e. The summed E-state index contributed by atoms with van der Waals surface area (Å²) in [5.74, 6) is -0.129. The Morgan fingerprint density at radius 2 is 1.94 bits per heavy atom. The lowest BCUT2D eigenvalue weighted by molar-refractivity contribution is 0.102. The van der Waals surface area contributed by atoms with E-state index in [4.69, 9.17) is 16.3 Å². The fraction of sp³-hybridized carbons (Fsp3) is 0.231. The Hall–Kier alpha value is -3.58. The normalized spacial score (nSPS) is 13.7. The van der Waals surface area contributed by atoms with Gasteiger partial charge in [0.2, 0.25) is 0 Å². The summed E-state index contributed by atoms with van der Waals surface area (Å²) in [7, 11) is 1.54. The minimum absolute atomic E-state index is 0.198. The van der Waals surface area contributed by atoms with E-state index in [1.54, 1.807) is 41.2 Å². The molecule has 176 valence electrons. The van der Waals surface area contributed by atoms with Crippen LogP contribution in [0.5, 0.6) is 5.75 Å². The maximum absolute atomic E-state index is 13.7. The number of hydrogen-bond donors (Lipinski definition) is 1. The van der Waals surface area contributed by atoms with Crippen molar-refractivity contribution >= 4 is 34.9 Å². The molecule has 3 aromatic carbocycles. The third-order valence-corrected chi connectivity index (χ3v) is 6.07. The molecule has 1 N–H and O–H groups in total. The zero-order valence-electron chi connectivity index (χ0n) is 19.0. The van der Waals surface area contributed by atoms with Crippen LogP contribution in [-0.2, 0) is 6.54 Å². The lowest BCUT2D eigenvalue weighted by Crippen LogP contribution is -2.49. The number of halogens is 2. The van der Waals surface area contributed by atoms with Gasteiger partial charge in [-0.15, -0.1) is 0 Å². The summed E-state index contributed by atoms with van der Waals surface area (Å²) in [5, 5.41) is 3.35. The highest BCUT2D eigenvalue weighted by Crippen LogP contribution is 2.31. The number of rotatable bonds is 6. The number of benzene rings is 3. The molecule has 3 aromatic rings. The predicted molar refractivity (Wildman–Crippen MR) is 131 cm³/mol. The van der Waals surface area contributed by atoms with Crippen LogP contribution in [-0.4, -0.2) is 37.0 Å². The van der Waals surface area contributed by atoms with Crippen LogP contribution >= 0.6 is 11.6 Å². The number of methoxy groups -OCH3 is 1. The number of nitrogens with zero attached hydrogens (tertiary/aromatic N) is 2. The molecule has 3 amide bonds. The molecule has 0 radical (unpaired) electrons. The molecule has 1 saturated heterocycles. The quantitative estimate of drug-likeness (QED) is 0.478. The Bertz CT molecular complexity index is 1230. The van der Waals surface area contributed by atoms with Gasteiger partial charge in [-0.2, -0.15) is 0 Å². The molecule has 1 fully saturated rings. The summed E-state index contributed by atoms with van der Waals surface area (Å²) in [5.41, 5.74) is 3.07. The fourth-order valence-electron chi connectivity index (χ4n) is 3.97. The number of hydrogen-bond acceptors (Lipinski definition) is 3. The van der Waals surface area contributed by atoms with Crippen LogP contribution in [0.1, 0.15) is 27.9 Å². The van der Waals surface area contributed by atoms with Gasteiger partial charge < -0.3 is 15.0 Å². The number of ether oxygens (including phenoxy) is 1. The predicted octanol–water partition coefficient (Wildman–Crippen LogP) is 5.88. The molecule has 0 saturated carbocycles. The van der Waals surface area contributed by atoms with E-state index in [0.717, 1.165) is 12.0 Å². The Kier molecular flexibility index (Phi) is 7.03. The average molecular weight is 482 g/mol. The number of amides is 3. The number of carbonyl (C=O) groups excluding carboxylic acids is 2. The maximum Gasteiger partial charge on any atom is 0.324 e. The fourth-order valence-corrected chi connectivity index (χ4v) is 4.14. The first-order valence-electron chi connectivity index (χ1n) is 10.9. The molecular weight excluding hydrogens is 457 g/mol. The monoisotopic (exact) mass is 481 g/mol. The van der Waals surface area contributed by atoms with Gasteiger partial charge in [0.15, 0.2) is 0 Å². The van der Waals surface area contributed by atoms with Gasteiger partial charge in [-0.25, -0.2) is 9.18 Å². The van der Waals surface area contributed by atoms with Crippen molar-refractivity contribution in [2.24, 2.45) is 0 Å². The summed E-state index contributed by atoms with van der Waals surface area (Å²) >= 11 is 6.22. The van der Waals surface area contributed by atoms with Crippen LogP contribution in [0.2, 0.25) is 5.02 Å². The number of nitrogens with one attached hydrogen (secondary N) is 1. The van der Waals surface area contributed by atoms with E-state index in [2.05, 4.69) is 5.32 Å². The van der Waals surface area contributed by atoms with Crippen LogP contribution in [0.4, 0.5) is 20.6 Å². The van der Waals surface area contributed by atoms with Crippen LogP contribution < -0.4 is 15.0 Å². The lowest BCUT2D eigenvalue weighted by Gasteiger charge is -2.36. The summed E-state index contributed by atoms with van der Waals surface area (Å²) in [6, 6.07) is 16.3. The molecule has 8 heteroatoms. The standard InChI is InChI=1S/C26H25ClFN3O3/c1-17-7-10-24(23(13-17)29-25(32)18-5-3-6-21(15-18)34-2)31-12-4-11-30(26(31)33)16-19-14-20(28)8-9-22(19)27/h3,5-10,13-15H,4,11-12,16H2,1-2H3,(H,29,32). The summed E-state index contributed by atoms with van der Waals surface area (Å²) < 4.78 is 18.9. The van der Waals surface area contributed by atoms with E-state index < -0.39 is 5.82 Å². The summed E-state index contributed by atoms with van der Waals surface area (Å²) in [4.78, 5) is 29.6. The van der Waals surface area contributed by atoms with Crippen molar-refractivity contribution in [3.05, 3.63) is 88.2 Å². The van der Waals surface area contributed by atoms with E-state index in [1.165, 1.54) is 18.2 Å². The third kappa shape index (κ3) is 5.15. The van der Waals surface area contributed by atoms with Crippen molar-refractivity contribution in [3.8, 4) is 5.75 Å². The zero-order valence-corrected chi connectivity index (χ0v) is 19.7. The van der Waals surface area contributed by atoms with Crippen molar-refractivity contribution in [2.75, 3.05) is 30.4 Å². The first-order valence-corrected chi connectivity index (χ1v) is 11.3. The maximum atomic E-state index is 13.7. The molecule has 1 heterocycles. The molecule has 1 aliphatic rings. The second-order valence-electron chi connectivity index (χ2n) is 8.15. The van der Waals surface area contributed by atoms with Gasteiger partial charge >= 0.3 is 6.03 Å². The van der Waals surface area contributed by atoms with Crippen LogP contribution in [0.3, 0.4) is 0 Å². The molecule has 4 rings (SSSR count). The SMILES string of the molecule is COc1cccc(C(=O)Nc2cc(C)ccc2N2CCCN(Cc3cc(F)ccc3Cl)C2=O)c1. The van der Waals surface area contributed by atoms with Gasteiger partial charge in [0.1, 0.15) is 11.6 Å². The lowest BCUT2D eigenvalue weighted by atomic mass is 10.1. The topological polar surface area (TPSA) is 61.9 Å². The largest absolute Gasteiger partial charge is 0.497 e. The number of anilines is 2. The van der Waals surface area contributed by atoms with Crippen molar-refractivity contribution in [1.82, 2.24) is 4.90 Å². The average Bonchev–Trinajstić information content (AvgIpc) is 2.83. The Labute approximate surface area is 202 Å². The Morgan fingerprint density at radius 1 is 1.12 bits per heavy atom. The highest BCUT2D eigenvalue weighted by atomic mass is 35.5. The Balaban J connectivity index is 1.59. The molecule has 0 bridgehead atoms. The van der Waals surface area contributed by atoms with E-state index in [9.17, 15) is 14.0 Å². The third-order valence-electron chi connectivity index (χ3n) is 5.70. The van der Waals surface area contributed by atoms with E-state index in [1.807, 2.05) is 25.1 Å². The van der Waals surface area contributed by atoms with Gasteiger partial charge in [-0.1, -0.05) is 23.7 Å². The van der Waals surface area contributed by atoms with Gasteiger partial charge in [0.05, 0.1) is 18.5 Å². The highest BCUT2D eigenvalue weighted by Gasteiger charge is 2.29. The molecular formula is C26H25ClFN3O3. The number of aryl methyl sites for hydroxylation is 1. The molecule has 1 aliphatic heterocycles. The van der Waals surface area contributed by atoms with Crippen molar-refractivity contribution in [3.63, 3.8) is 0 Å². The second kappa shape index (κ2) is 10.1. The molecule has 0 unspecified atom stereocenters. The zero-order chi connectivity index (χ0) is 24.2. The molecule has 0 aromatic heterocycles. The number of carbonyl (C=O) groups is 2. The Morgan fingerprint density at radius 3 is 2.74 bits per heavy atom. The molecule has 6 nitrogen and oxygen atoms in total. The molecule has 34 heavy (non-hydrogen) atoms. The first-order chi connectivity index (χ1) is 16.4. The molecule has 0 aliphatic carbocycles. The van der Waals surface area contributed by atoms with Crippen LogP contribution in [0.25, 0.3) is 0 Å².